The van der Waals surface area contributed by atoms with E-state index in [-0.39, 0.29) is 30.2 Å². The van der Waals surface area contributed by atoms with Crippen LogP contribution < -0.4 is 15.0 Å². The number of fused-ring (bicyclic) bond motifs is 5. The Morgan fingerprint density at radius 2 is 1.92 bits per heavy atom. The number of amides is 3. The summed E-state index contributed by atoms with van der Waals surface area (Å²) in [7, 11) is 6.06. The molecule has 13 nitrogen and oxygen atoms in total. The molecule has 0 saturated carbocycles. The monoisotopic (exact) mass is 779 g/mol. The van der Waals surface area contributed by atoms with Gasteiger partial charge >= 0.3 is 12.1 Å². The summed E-state index contributed by atoms with van der Waals surface area (Å²) < 4.78 is 29.2. The van der Waals surface area contributed by atoms with Gasteiger partial charge in [-0.05, 0) is 50.1 Å². The second-order valence-corrected chi connectivity index (χ2v) is 16.6. The van der Waals surface area contributed by atoms with E-state index in [1.807, 2.05) is 26.8 Å². The van der Waals surface area contributed by atoms with E-state index in [1.165, 1.54) is 24.0 Å². The van der Waals surface area contributed by atoms with Crippen molar-refractivity contribution >= 4 is 52.9 Å². The number of aliphatic hydroxyl groups is 1. The summed E-state index contributed by atoms with van der Waals surface area (Å²) in [4.78, 5) is 56.4. The van der Waals surface area contributed by atoms with E-state index >= 15 is 0 Å². The minimum absolute atomic E-state index is 0.0450. The number of hydrogen-bond acceptors (Lipinski definition) is 11. The number of alkyl carbamates (subject to hydrolysis) is 1. The predicted octanol–water partition coefficient (Wildman–Crippen LogP) is 5.05. The number of benzene rings is 1. The van der Waals surface area contributed by atoms with Crippen molar-refractivity contribution in [2.45, 2.75) is 114 Å². The second-order valence-electron chi connectivity index (χ2n) is 14.6. The van der Waals surface area contributed by atoms with Crippen LogP contribution in [0.3, 0.4) is 0 Å². The standard InChI is InChI=1S/C38H54ClN3O10S/c1-21(2)53-15-14-31(43)41(7)24(5)35(45)51-30-19-32(44)42(8)26-17-25(18-27(48-9)33(26)39)16-22(3)12-11-13-29(49-10)38(47)20-28(50-36(46)40-38)23(4)34-37(30,6)52-34/h11-13,17-18,21,23-24,28-30,34,47H,14-16,19-20H2,1-10H3,(H,40,46)/b13-11-,22-12+/t23-,24+,28+,29-,30-,34?,37+,38+/m1/s1. The fourth-order valence-corrected chi connectivity index (χ4v) is 7.85. The molecular formula is C38H54ClN3O10S. The van der Waals surface area contributed by atoms with Crippen LogP contribution in [0.4, 0.5) is 10.5 Å². The first-order chi connectivity index (χ1) is 24.8. The maximum atomic E-state index is 14.1. The number of anilines is 1. The minimum Gasteiger partial charge on any atom is -0.495 e. The van der Waals surface area contributed by atoms with Gasteiger partial charge in [0.05, 0.1) is 25.3 Å². The van der Waals surface area contributed by atoms with Gasteiger partial charge in [0.1, 0.15) is 40.7 Å². The zero-order valence-electron chi connectivity index (χ0n) is 32.3. The molecule has 53 heavy (non-hydrogen) atoms. The highest BCUT2D eigenvalue weighted by atomic mass is 35.5. The molecule has 8 atom stereocenters. The van der Waals surface area contributed by atoms with Crippen molar-refractivity contribution in [3.8, 4) is 5.75 Å². The van der Waals surface area contributed by atoms with Gasteiger partial charge in [-0.1, -0.05) is 56.2 Å². The van der Waals surface area contributed by atoms with Crippen molar-refractivity contribution in [2.24, 2.45) is 5.92 Å². The molecule has 3 heterocycles. The van der Waals surface area contributed by atoms with Gasteiger partial charge in [-0.3, -0.25) is 14.9 Å². The number of likely N-dealkylation sites (N-methyl/N-ethyl adjacent to an activating group) is 1. The highest BCUT2D eigenvalue weighted by Crippen LogP contribution is 2.49. The molecule has 15 heteroatoms. The minimum atomic E-state index is -1.82. The quantitative estimate of drug-likeness (QED) is 0.256. The summed E-state index contributed by atoms with van der Waals surface area (Å²) in [6.07, 6.45) is 1.26. The fraction of sp³-hybridized carbons (Fsp3) is 0.632. The van der Waals surface area contributed by atoms with Crippen molar-refractivity contribution < 1.29 is 48.0 Å². The van der Waals surface area contributed by atoms with Crippen molar-refractivity contribution in [1.29, 1.82) is 0 Å². The van der Waals surface area contributed by atoms with Gasteiger partial charge in [-0.2, -0.15) is 11.8 Å². The lowest BCUT2D eigenvalue weighted by atomic mass is 9.83. The summed E-state index contributed by atoms with van der Waals surface area (Å²) in [6, 6.07) is 2.64. The molecule has 0 aromatic heterocycles. The van der Waals surface area contributed by atoms with Crippen molar-refractivity contribution in [3.63, 3.8) is 0 Å². The third-order valence-corrected chi connectivity index (χ3v) is 11.8. The van der Waals surface area contributed by atoms with Crippen molar-refractivity contribution in [2.75, 3.05) is 39.0 Å². The first kappa shape index (κ1) is 42.4. The van der Waals surface area contributed by atoms with Gasteiger partial charge in [-0.25, -0.2) is 9.59 Å². The van der Waals surface area contributed by atoms with E-state index in [9.17, 15) is 24.3 Å². The van der Waals surface area contributed by atoms with Crippen LogP contribution in [-0.2, 0) is 39.8 Å². The van der Waals surface area contributed by atoms with Crippen LogP contribution in [0.5, 0.6) is 5.75 Å². The maximum Gasteiger partial charge on any atom is 0.409 e. The molecule has 1 unspecified atom stereocenters. The van der Waals surface area contributed by atoms with E-state index in [0.717, 1.165) is 11.1 Å². The molecule has 1 aromatic rings. The first-order valence-corrected chi connectivity index (χ1v) is 19.2. The van der Waals surface area contributed by atoms with Crippen LogP contribution in [0.2, 0.25) is 5.02 Å². The lowest BCUT2D eigenvalue weighted by molar-refractivity contribution is -0.162. The maximum absolute atomic E-state index is 14.1. The van der Waals surface area contributed by atoms with Crippen LogP contribution in [0, 0.1) is 5.92 Å². The Morgan fingerprint density at radius 3 is 2.57 bits per heavy atom. The average molecular weight is 780 g/mol. The number of methoxy groups -OCH3 is 2. The zero-order chi connectivity index (χ0) is 39.4. The first-order valence-electron chi connectivity index (χ1n) is 17.8. The van der Waals surface area contributed by atoms with E-state index < -0.39 is 65.7 Å². The van der Waals surface area contributed by atoms with Gasteiger partial charge in [-0.15, -0.1) is 0 Å². The number of rotatable bonds is 9. The Kier molecular flexibility index (Phi) is 14.0. The van der Waals surface area contributed by atoms with Crippen LogP contribution in [-0.4, -0.2) is 115 Å². The molecule has 2 fully saturated rings. The van der Waals surface area contributed by atoms with Crippen molar-refractivity contribution in [3.05, 3.63) is 46.5 Å². The molecule has 3 amide bonds. The second kappa shape index (κ2) is 17.4. The Labute approximate surface area is 321 Å². The Balaban J connectivity index is 1.73. The van der Waals surface area contributed by atoms with E-state index in [4.69, 9.17) is 35.3 Å². The summed E-state index contributed by atoms with van der Waals surface area (Å²) in [5.74, 6) is -0.875. The van der Waals surface area contributed by atoms with Gasteiger partial charge in [0.15, 0.2) is 5.72 Å². The third kappa shape index (κ3) is 9.88. The molecule has 0 spiro atoms. The largest absolute Gasteiger partial charge is 0.495 e. The molecule has 3 aliphatic heterocycles. The molecule has 2 N–H and O–H groups in total. The number of esters is 1. The number of epoxide rings is 1. The number of nitrogens with zero attached hydrogens (tertiary/aromatic N) is 2. The van der Waals surface area contributed by atoms with Gasteiger partial charge < -0.3 is 38.6 Å². The molecule has 0 aliphatic carbocycles. The smallest absolute Gasteiger partial charge is 0.409 e. The van der Waals surface area contributed by atoms with E-state index in [2.05, 4.69) is 5.32 Å². The lowest BCUT2D eigenvalue weighted by Crippen LogP contribution is -2.63. The van der Waals surface area contributed by atoms with Gasteiger partial charge in [0.2, 0.25) is 11.8 Å². The van der Waals surface area contributed by atoms with Crippen LogP contribution in [0.25, 0.3) is 0 Å². The normalized spacial score (nSPS) is 31.3. The number of nitrogens with one attached hydrogen (secondary N) is 1. The topological polar surface area (TPSA) is 156 Å². The number of ether oxygens (including phenoxy) is 5. The average Bonchev–Trinajstić information content (AvgIpc) is 3.79. The molecular weight excluding hydrogens is 726 g/mol. The van der Waals surface area contributed by atoms with Crippen LogP contribution in [0.15, 0.2) is 35.9 Å². The summed E-state index contributed by atoms with van der Waals surface area (Å²) in [5, 5.41) is 14.8. The van der Waals surface area contributed by atoms with Gasteiger partial charge in [0, 0.05) is 45.7 Å². The number of halogens is 1. The molecule has 2 saturated heterocycles. The number of carbonyl (C=O) groups is 4. The molecule has 294 valence electrons. The van der Waals surface area contributed by atoms with Crippen LogP contribution >= 0.6 is 23.4 Å². The lowest BCUT2D eigenvalue weighted by Gasteiger charge is -2.42. The van der Waals surface area contributed by atoms with Crippen molar-refractivity contribution in [1.82, 2.24) is 10.2 Å². The predicted molar refractivity (Wildman–Crippen MR) is 203 cm³/mol. The fourth-order valence-electron chi connectivity index (χ4n) is 6.78. The number of hydrogen-bond donors (Lipinski definition) is 2. The highest BCUT2D eigenvalue weighted by molar-refractivity contribution is 7.99. The number of carbonyl (C=O) groups excluding carboxylic acids is 4. The molecule has 1 aromatic carbocycles. The molecule has 4 bridgehead atoms. The number of thioether (sulfide) groups is 1. The summed E-state index contributed by atoms with van der Waals surface area (Å²) in [6.45, 7) is 11.1. The Morgan fingerprint density at radius 1 is 1.23 bits per heavy atom. The third-order valence-electron chi connectivity index (χ3n) is 10.3. The molecule has 4 rings (SSSR count). The SMILES string of the molecule is COc1cc2cc(c1Cl)N(C)C(=O)C[C@@H](OC(=O)[C@H](C)N(C)C(=O)CCSC(C)C)[C@]1(C)OC1[C@H](C)[C@@H]1C[C@@](O)(NC(=O)O1)[C@H](OC)/C=C\C=C(/C)C2. The summed E-state index contributed by atoms with van der Waals surface area (Å²) in [5.41, 5.74) is -0.883. The zero-order valence-corrected chi connectivity index (χ0v) is 33.8. The van der Waals surface area contributed by atoms with Gasteiger partial charge in [0.25, 0.3) is 0 Å². The summed E-state index contributed by atoms with van der Waals surface area (Å²) >= 11 is 8.41. The van der Waals surface area contributed by atoms with Crippen LogP contribution in [0.1, 0.15) is 66.4 Å². The van der Waals surface area contributed by atoms with E-state index in [0.29, 0.717) is 28.9 Å². The van der Waals surface area contributed by atoms with E-state index in [1.54, 1.807) is 70.9 Å². The number of allylic oxidation sites excluding steroid dienone is 3. The Hall–Kier alpha value is -3.30. The Bertz CT molecular complexity index is 1610. The molecule has 0 radical (unpaired) electrons. The molecule has 3 aliphatic rings. The highest BCUT2D eigenvalue weighted by Gasteiger charge is 2.64.